The first-order valence-electron chi connectivity index (χ1n) is 3.22. The first kappa shape index (κ1) is 7.57. The Morgan fingerprint density at radius 3 is 2.91 bits per heavy atom. The molecule has 0 fully saturated rings. The molecular weight excluding hydrogens is 142 g/mol. The predicted octanol–water partition coefficient (Wildman–Crippen LogP) is -0.635. The van der Waals surface area contributed by atoms with Gasteiger partial charge in [-0.2, -0.15) is 10.4 Å². The molecule has 0 unspecified atom stereocenters. The molecule has 0 spiro atoms. The molecule has 0 aromatic carbocycles. The van der Waals surface area contributed by atoms with Crippen LogP contribution in [-0.4, -0.2) is 16.7 Å². The van der Waals surface area contributed by atoms with E-state index in [1.165, 1.54) is 0 Å². The first-order chi connectivity index (χ1) is 5.29. The molecule has 0 aliphatic rings. The highest BCUT2D eigenvalue weighted by Crippen LogP contribution is 2.10. The minimum Gasteiger partial charge on any atom is -0.381 e. The second kappa shape index (κ2) is 3.03. The van der Waals surface area contributed by atoms with E-state index in [0.29, 0.717) is 24.2 Å². The van der Waals surface area contributed by atoms with Gasteiger partial charge in [0.05, 0.1) is 5.69 Å². The van der Waals surface area contributed by atoms with E-state index in [0.717, 1.165) is 0 Å². The third-order valence-electron chi connectivity index (χ3n) is 1.38. The molecule has 0 bridgehead atoms. The summed E-state index contributed by atoms with van der Waals surface area (Å²) in [5.41, 5.74) is 11.8. The molecule has 1 heterocycles. The van der Waals surface area contributed by atoms with Crippen molar-refractivity contribution in [1.29, 1.82) is 5.26 Å². The van der Waals surface area contributed by atoms with E-state index in [-0.39, 0.29) is 5.82 Å². The molecule has 5 heteroatoms. The van der Waals surface area contributed by atoms with Crippen LogP contribution < -0.4 is 11.5 Å². The molecule has 5 N–H and O–H groups in total. The number of aromatic nitrogens is 2. The summed E-state index contributed by atoms with van der Waals surface area (Å²) in [6, 6.07) is 1.95. The SMILES string of the molecule is N#Cc1c(N)n[nH]c1CCN. The van der Waals surface area contributed by atoms with Gasteiger partial charge in [-0.05, 0) is 6.54 Å². The van der Waals surface area contributed by atoms with Gasteiger partial charge in [-0.1, -0.05) is 0 Å². The van der Waals surface area contributed by atoms with Crippen LogP contribution >= 0.6 is 0 Å². The van der Waals surface area contributed by atoms with Crippen LogP contribution in [0.5, 0.6) is 0 Å². The zero-order valence-corrected chi connectivity index (χ0v) is 5.96. The lowest BCUT2D eigenvalue weighted by Crippen LogP contribution is -2.04. The molecule has 0 aliphatic heterocycles. The van der Waals surface area contributed by atoms with Crippen molar-refractivity contribution in [3.63, 3.8) is 0 Å². The van der Waals surface area contributed by atoms with Crippen LogP contribution in [-0.2, 0) is 6.42 Å². The Labute approximate surface area is 64.0 Å². The van der Waals surface area contributed by atoms with Crippen LogP contribution in [0.1, 0.15) is 11.3 Å². The molecule has 0 amide bonds. The zero-order chi connectivity index (χ0) is 8.27. The van der Waals surface area contributed by atoms with Crippen molar-refractivity contribution >= 4 is 5.82 Å². The largest absolute Gasteiger partial charge is 0.381 e. The van der Waals surface area contributed by atoms with Gasteiger partial charge in [-0.25, -0.2) is 0 Å². The number of anilines is 1. The third kappa shape index (κ3) is 1.30. The molecule has 0 saturated carbocycles. The molecule has 0 atom stereocenters. The minimum atomic E-state index is 0.246. The predicted molar refractivity (Wildman–Crippen MR) is 40.5 cm³/mol. The van der Waals surface area contributed by atoms with E-state index >= 15 is 0 Å². The van der Waals surface area contributed by atoms with Crippen molar-refractivity contribution in [3.8, 4) is 6.07 Å². The standard InChI is InChI=1S/C6H9N5/c7-2-1-5-4(3-8)6(9)11-10-5/h1-2,7H2,(H3,9,10,11). The molecular formula is C6H9N5. The molecule has 0 aliphatic carbocycles. The van der Waals surface area contributed by atoms with Crippen LogP contribution in [0.25, 0.3) is 0 Å². The summed E-state index contributed by atoms with van der Waals surface area (Å²) in [6.07, 6.45) is 0.604. The van der Waals surface area contributed by atoms with E-state index in [9.17, 15) is 0 Å². The summed E-state index contributed by atoms with van der Waals surface area (Å²) < 4.78 is 0. The van der Waals surface area contributed by atoms with Crippen LogP contribution in [0.2, 0.25) is 0 Å². The number of nitrogens with two attached hydrogens (primary N) is 2. The average molecular weight is 151 g/mol. The Kier molecular flexibility index (Phi) is 2.09. The molecule has 0 radical (unpaired) electrons. The molecule has 1 aromatic rings. The van der Waals surface area contributed by atoms with Gasteiger partial charge < -0.3 is 11.5 Å². The fraction of sp³-hybridized carbons (Fsp3) is 0.333. The molecule has 1 aromatic heterocycles. The van der Waals surface area contributed by atoms with Crippen LogP contribution in [0.4, 0.5) is 5.82 Å². The van der Waals surface area contributed by atoms with Crippen molar-refractivity contribution in [3.05, 3.63) is 11.3 Å². The molecule has 58 valence electrons. The summed E-state index contributed by atoms with van der Waals surface area (Å²) in [5, 5.41) is 14.9. The van der Waals surface area contributed by atoms with Gasteiger partial charge in [0, 0.05) is 6.42 Å². The Balaban J connectivity index is 2.98. The summed E-state index contributed by atoms with van der Waals surface area (Å²) in [7, 11) is 0. The quantitative estimate of drug-likeness (QED) is 0.523. The number of nitrogen functional groups attached to an aromatic ring is 1. The summed E-state index contributed by atoms with van der Waals surface area (Å²) in [5.74, 6) is 0.246. The maximum Gasteiger partial charge on any atom is 0.163 e. The van der Waals surface area contributed by atoms with Gasteiger partial charge in [0.25, 0.3) is 0 Å². The van der Waals surface area contributed by atoms with E-state index in [1.54, 1.807) is 0 Å². The summed E-state index contributed by atoms with van der Waals surface area (Å²) in [4.78, 5) is 0. The van der Waals surface area contributed by atoms with Crippen molar-refractivity contribution in [2.45, 2.75) is 6.42 Å². The number of aromatic amines is 1. The Bertz CT molecular complexity index is 282. The van der Waals surface area contributed by atoms with Gasteiger partial charge >= 0.3 is 0 Å². The lowest BCUT2D eigenvalue weighted by molar-refractivity contribution is 0.900. The number of H-pyrrole nitrogens is 1. The normalized spacial score (nSPS) is 9.45. The van der Waals surface area contributed by atoms with Crippen LogP contribution in [0.3, 0.4) is 0 Å². The smallest absolute Gasteiger partial charge is 0.163 e. The molecule has 11 heavy (non-hydrogen) atoms. The highest BCUT2D eigenvalue weighted by Gasteiger charge is 2.07. The lowest BCUT2D eigenvalue weighted by Gasteiger charge is -1.91. The number of hydrogen-bond donors (Lipinski definition) is 3. The Hall–Kier alpha value is -1.54. The fourth-order valence-corrected chi connectivity index (χ4v) is 0.844. The molecule has 5 nitrogen and oxygen atoms in total. The van der Waals surface area contributed by atoms with Crippen molar-refractivity contribution in [2.24, 2.45) is 5.73 Å². The topological polar surface area (TPSA) is 105 Å². The van der Waals surface area contributed by atoms with Crippen LogP contribution in [0.15, 0.2) is 0 Å². The van der Waals surface area contributed by atoms with Gasteiger partial charge in [-0.3, -0.25) is 5.10 Å². The number of nitrogens with zero attached hydrogens (tertiary/aromatic N) is 2. The lowest BCUT2D eigenvalue weighted by atomic mass is 10.2. The van der Waals surface area contributed by atoms with Gasteiger partial charge in [0.15, 0.2) is 5.82 Å². The van der Waals surface area contributed by atoms with E-state index in [2.05, 4.69) is 10.2 Å². The monoisotopic (exact) mass is 151 g/mol. The Morgan fingerprint density at radius 2 is 2.36 bits per heavy atom. The van der Waals surface area contributed by atoms with Crippen LogP contribution in [0, 0.1) is 11.3 Å². The van der Waals surface area contributed by atoms with Crippen molar-refractivity contribution < 1.29 is 0 Å². The van der Waals surface area contributed by atoms with Gasteiger partial charge in [0.1, 0.15) is 11.6 Å². The van der Waals surface area contributed by atoms with Crippen molar-refractivity contribution in [2.75, 3.05) is 12.3 Å². The number of nitriles is 1. The second-order valence-corrected chi connectivity index (χ2v) is 2.11. The average Bonchev–Trinajstić information content (AvgIpc) is 2.33. The summed E-state index contributed by atoms with van der Waals surface area (Å²) in [6.45, 7) is 0.482. The Morgan fingerprint density at radius 1 is 1.64 bits per heavy atom. The maximum atomic E-state index is 8.58. The number of nitrogens with one attached hydrogen (secondary N) is 1. The second-order valence-electron chi connectivity index (χ2n) is 2.11. The van der Waals surface area contributed by atoms with Crippen molar-refractivity contribution in [1.82, 2.24) is 10.2 Å². The van der Waals surface area contributed by atoms with E-state index < -0.39 is 0 Å². The van der Waals surface area contributed by atoms with E-state index in [1.807, 2.05) is 6.07 Å². The first-order valence-corrected chi connectivity index (χ1v) is 3.22. The highest BCUT2D eigenvalue weighted by atomic mass is 15.2. The maximum absolute atomic E-state index is 8.58. The molecule has 1 rings (SSSR count). The molecule has 0 saturated heterocycles. The highest BCUT2D eigenvalue weighted by molar-refractivity contribution is 5.50. The third-order valence-corrected chi connectivity index (χ3v) is 1.38. The summed E-state index contributed by atoms with van der Waals surface area (Å²) >= 11 is 0. The number of rotatable bonds is 2. The fourth-order valence-electron chi connectivity index (χ4n) is 0.844. The van der Waals surface area contributed by atoms with E-state index in [4.69, 9.17) is 16.7 Å². The van der Waals surface area contributed by atoms with Gasteiger partial charge in [-0.15, -0.1) is 0 Å². The van der Waals surface area contributed by atoms with Gasteiger partial charge in [0.2, 0.25) is 0 Å². The number of hydrogen-bond acceptors (Lipinski definition) is 4. The minimum absolute atomic E-state index is 0.246. The zero-order valence-electron chi connectivity index (χ0n) is 5.96.